The molecule has 0 fully saturated rings. The molecule has 0 aromatic heterocycles. The number of hydrogen-bond donors (Lipinski definition) is 0. The summed E-state index contributed by atoms with van der Waals surface area (Å²) in [5.41, 5.74) is 0. The summed E-state index contributed by atoms with van der Waals surface area (Å²) in [5.74, 6) is 0. The van der Waals surface area contributed by atoms with Gasteiger partial charge in [-0.1, -0.05) is 0 Å². The van der Waals surface area contributed by atoms with E-state index in [1.807, 2.05) is 0 Å². The van der Waals surface area contributed by atoms with E-state index in [1.54, 1.807) is 0 Å². The molecule has 1 radical (unpaired) electrons. The Kier molecular flexibility index (Phi) is 4.50. The van der Waals surface area contributed by atoms with Gasteiger partial charge in [0.05, 0.1) is 0 Å². The van der Waals surface area contributed by atoms with E-state index in [1.165, 1.54) is 0 Å². The maximum atomic E-state index is 11.8. The minimum absolute atomic E-state index is 1.01. The molecular weight excluding hydrogens is 145 g/mol. The van der Waals surface area contributed by atoms with Gasteiger partial charge in [-0.25, -0.2) is 13.8 Å². The molecule has 0 aliphatic rings. The van der Waals surface area contributed by atoms with E-state index < -0.39 is 20.0 Å². The van der Waals surface area contributed by atoms with Crippen LogP contribution in [0.4, 0.5) is 8.78 Å². The zero-order chi connectivity index (χ0) is 8.15. The zero-order valence-electron chi connectivity index (χ0n) is 5.71. The molecular formula is C4H8BF2O3. The van der Waals surface area contributed by atoms with E-state index >= 15 is 0 Å². The van der Waals surface area contributed by atoms with Crippen LogP contribution >= 0.6 is 0 Å². The summed E-state index contributed by atoms with van der Waals surface area (Å²) >= 11 is 0. The molecule has 0 saturated heterocycles. The van der Waals surface area contributed by atoms with Crippen LogP contribution in [-0.2, 0) is 14.3 Å². The molecule has 0 spiro atoms. The lowest BCUT2D eigenvalue weighted by molar-refractivity contribution is -0.0338. The standard InChI is InChI=1S/C4H8BF2O3/c1-3(6)9-5(8)10-4(2)7/h3-4H,1-2H3. The summed E-state index contributed by atoms with van der Waals surface area (Å²) in [4.78, 5) is 0. The van der Waals surface area contributed by atoms with Crippen molar-refractivity contribution in [1.29, 1.82) is 0 Å². The van der Waals surface area contributed by atoms with Crippen molar-refractivity contribution < 1.29 is 23.1 Å². The first kappa shape index (κ1) is 9.80. The van der Waals surface area contributed by atoms with Crippen molar-refractivity contribution in [3.8, 4) is 0 Å². The predicted octanol–water partition coefficient (Wildman–Crippen LogP) is 1.07. The van der Waals surface area contributed by atoms with E-state index in [9.17, 15) is 13.8 Å². The minimum atomic E-state index is -2.08. The molecule has 0 saturated carbocycles. The third-order valence-electron chi connectivity index (χ3n) is 0.597. The van der Waals surface area contributed by atoms with Crippen molar-refractivity contribution >= 4 is 7.32 Å². The van der Waals surface area contributed by atoms with Gasteiger partial charge in [-0.2, -0.15) is 0 Å². The van der Waals surface area contributed by atoms with Crippen LogP contribution in [0.25, 0.3) is 0 Å². The molecule has 2 unspecified atom stereocenters. The highest BCUT2D eigenvalue weighted by atomic mass is 19.1. The smallest absolute Gasteiger partial charge is 0.354 e. The van der Waals surface area contributed by atoms with E-state index in [0.717, 1.165) is 13.8 Å². The third-order valence-corrected chi connectivity index (χ3v) is 0.597. The number of hydrogen-bond acceptors (Lipinski definition) is 2. The Morgan fingerprint density at radius 2 is 1.50 bits per heavy atom. The van der Waals surface area contributed by atoms with Gasteiger partial charge in [0.15, 0.2) is 12.7 Å². The molecule has 0 bridgehead atoms. The molecule has 0 aromatic rings. The highest BCUT2D eigenvalue weighted by Gasteiger charge is 2.23. The van der Waals surface area contributed by atoms with Gasteiger partial charge in [0.2, 0.25) is 0 Å². The second kappa shape index (κ2) is 4.59. The fourth-order valence-corrected chi connectivity index (χ4v) is 0.338. The van der Waals surface area contributed by atoms with E-state index in [0.29, 0.717) is 0 Å². The number of rotatable bonds is 4. The van der Waals surface area contributed by atoms with Crippen LogP contribution < -0.4 is 0 Å². The topological polar surface area (TPSA) is 38.4 Å². The molecule has 0 amide bonds. The summed E-state index contributed by atoms with van der Waals surface area (Å²) in [6.07, 6.45) is -3.47. The lowest BCUT2D eigenvalue weighted by Crippen LogP contribution is -2.26. The summed E-state index contributed by atoms with van der Waals surface area (Å²) in [5, 5.41) is 10.2. The molecule has 3 nitrogen and oxygen atoms in total. The highest BCUT2D eigenvalue weighted by Crippen LogP contribution is 1.99. The molecule has 2 atom stereocenters. The molecule has 0 aromatic carbocycles. The predicted molar refractivity (Wildman–Crippen MR) is 29.8 cm³/mol. The van der Waals surface area contributed by atoms with Crippen LogP contribution in [0.15, 0.2) is 0 Å². The Morgan fingerprint density at radius 1 is 1.20 bits per heavy atom. The molecule has 0 aliphatic heterocycles. The van der Waals surface area contributed by atoms with Gasteiger partial charge in [0, 0.05) is 0 Å². The fourth-order valence-electron chi connectivity index (χ4n) is 0.338. The molecule has 0 rings (SSSR count). The van der Waals surface area contributed by atoms with Gasteiger partial charge in [0.1, 0.15) is 0 Å². The van der Waals surface area contributed by atoms with Crippen LogP contribution in [0.2, 0.25) is 0 Å². The molecule has 59 valence electrons. The van der Waals surface area contributed by atoms with E-state index in [-0.39, 0.29) is 0 Å². The Labute approximate surface area is 58.1 Å². The van der Waals surface area contributed by atoms with Crippen LogP contribution in [0, 0.1) is 0 Å². The van der Waals surface area contributed by atoms with Gasteiger partial charge in [0.25, 0.3) is 0 Å². The SMILES string of the molecule is CC(F)OB([O])OC(C)F. The largest absolute Gasteiger partial charge is 0.671 e. The van der Waals surface area contributed by atoms with Crippen LogP contribution in [0.3, 0.4) is 0 Å². The van der Waals surface area contributed by atoms with Gasteiger partial charge < -0.3 is 9.31 Å². The van der Waals surface area contributed by atoms with Crippen LogP contribution in [0.1, 0.15) is 13.8 Å². The molecule has 0 aliphatic carbocycles. The average molecular weight is 153 g/mol. The Balaban J connectivity index is 3.34. The minimum Gasteiger partial charge on any atom is -0.354 e. The van der Waals surface area contributed by atoms with Crippen molar-refractivity contribution in [1.82, 2.24) is 0 Å². The lowest BCUT2D eigenvalue weighted by Gasteiger charge is -2.07. The van der Waals surface area contributed by atoms with Gasteiger partial charge >= 0.3 is 7.32 Å². The lowest BCUT2D eigenvalue weighted by atomic mass is 10.2. The van der Waals surface area contributed by atoms with Gasteiger partial charge in [-0.05, 0) is 13.8 Å². The monoisotopic (exact) mass is 153 g/mol. The summed E-state index contributed by atoms with van der Waals surface area (Å²) in [6, 6.07) is 0. The summed E-state index contributed by atoms with van der Waals surface area (Å²) in [7, 11) is -2.08. The molecule has 0 heterocycles. The van der Waals surface area contributed by atoms with Crippen LogP contribution in [-0.4, -0.2) is 20.0 Å². The van der Waals surface area contributed by atoms with Crippen molar-refractivity contribution in [3.63, 3.8) is 0 Å². The quantitative estimate of drug-likeness (QED) is 0.566. The van der Waals surface area contributed by atoms with Crippen molar-refractivity contribution in [2.75, 3.05) is 0 Å². The first-order valence-corrected chi connectivity index (χ1v) is 2.77. The average Bonchev–Trinajstić information content (AvgIpc) is 1.58. The Morgan fingerprint density at radius 3 is 1.70 bits per heavy atom. The molecule has 6 heteroatoms. The Bertz CT molecular complexity index is 80.6. The molecule has 10 heavy (non-hydrogen) atoms. The van der Waals surface area contributed by atoms with Crippen molar-refractivity contribution in [2.45, 2.75) is 26.6 Å². The molecule has 0 N–H and O–H groups in total. The summed E-state index contributed by atoms with van der Waals surface area (Å²) < 4.78 is 31.3. The maximum Gasteiger partial charge on any atom is 0.671 e. The van der Waals surface area contributed by atoms with Gasteiger partial charge in [-0.3, -0.25) is 0 Å². The van der Waals surface area contributed by atoms with E-state index in [4.69, 9.17) is 0 Å². The van der Waals surface area contributed by atoms with Gasteiger partial charge in [-0.15, -0.1) is 0 Å². The maximum absolute atomic E-state index is 11.8. The second-order valence-corrected chi connectivity index (χ2v) is 1.65. The van der Waals surface area contributed by atoms with Crippen molar-refractivity contribution in [2.24, 2.45) is 0 Å². The zero-order valence-corrected chi connectivity index (χ0v) is 5.71. The fraction of sp³-hybridized carbons (Fsp3) is 1.00. The second-order valence-electron chi connectivity index (χ2n) is 1.65. The number of alkyl halides is 2. The summed E-state index contributed by atoms with van der Waals surface area (Å²) in [6.45, 7) is 2.02. The van der Waals surface area contributed by atoms with Crippen molar-refractivity contribution in [3.05, 3.63) is 0 Å². The first-order chi connectivity index (χ1) is 4.52. The Hall–Kier alpha value is -0.195. The number of halogens is 2. The normalized spacial score (nSPS) is 16.5. The first-order valence-electron chi connectivity index (χ1n) is 2.77. The van der Waals surface area contributed by atoms with E-state index in [2.05, 4.69) is 9.31 Å². The third kappa shape index (κ3) is 5.93. The highest BCUT2D eigenvalue weighted by molar-refractivity contribution is 6.34. The van der Waals surface area contributed by atoms with Crippen LogP contribution in [0.5, 0.6) is 0 Å².